The molecule has 3 aliphatic rings. The molecule has 1 aromatic heterocycles. The molecule has 3 aliphatic heterocycles. The maximum Gasteiger partial charge on any atom is 0.250 e. The Balaban J connectivity index is 1.56. The van der Waals surface area contributed by atoms with E-state index in [1.807, 2.05) is 30.2 Å². The Bertz CT molecular complexity index is 893. The summed E-state index contributed by atoms with van der Waals surface area (Å²) >= 11 is 0. The summed E-state index contributed by atoms with van der Waals surface area (Å²) in [5.41, 5.74) is 1.30. The molecule has 4 heterocycles. The minimum atomic E-state index is -0.492. The Morgan fingerprint density at radius 3 is 2.40 bits per heavy atom. The Labute approximate surface area is 178 Å². The lowest BCUT2D eigenvalue weighted by atomic mass is 9.81. The van der Waals surface area contributed by atoms with Crippen LogP contribution in [0.3, 0.4) is 0 Å². The fourth-order valence-electron chi connectivity index (χ4n) is 5.31. The molecular formula is C23H34N4O3. The summed E-state index contributed by atoms with van der Waals surface area (Å²) in [5.74, 6) is 0.827. The van der Waals surface area contributed by atoms with Crippen molar-refractivity contribution < 1.29 is 9.59 Å². The number of nitrogens with one attached hydrogen (secondary N) is 1. The number of hydrogen-bond acceptors (Lipinski definition) is 4. The van der Waals surface area contributed by atoms with Crippen LogP contribution < -0.4 is 10.9 Å². The van der Waals surface area contributed by atoms with Crippen molar-refractivity contribution in [2.75, 3.05) is 31.5 Å². The number of likely N-dealkylation sites (tertiary alicyclic amines) is 2. The number of carbonyl (C=O) groups excluding carboxylic acids is 2. The quantitative estimate of drug-likeness (QED) is 0.806. The Hall–Kier alpha value is -2.15. The number of anilines is 1. The van der Waals surface area contributed by atoms with Gasteiger partial charge in [-0.3, -0.25) is 19.3 Å². The van der Waals surface area contributed by atoms with Gasteiger partial charge in [-0.15, -0.1) is 0 Å². The molecule has 7 nitrogen and oxygen atoms in total. The second-order valence-electron chi connectivity index (χ2n) is 10.3. The average molecular weight is 415 g/mol. The molecule has 0 saturated carbocycles. The summed E-state index contributed by atoms with van der Waals surface area (Å²) in [6.45, 7) is 11.6. The van der Waals surface area contributed by atoms with E-state index in [1.165, 1.54) is 0 Å². The maximum atomic E-state index is 12.6. The van der Waals surface area contributed by atoms with Gasteiger partial charge >= 0.3 is 0 Å². The number of carbonyl (C=O) groups is 2. The van der Waals surface area contributed by atoms with Gasteiger partial charge in [0.05, 0.1) is 5.69 Å². The van der Waals surface area contributed by atoms with Crippen molar-refractivity contribution in [1.82, 2.24) is 14.4 Å². The fraction of sp³-hybridized carbons (Fsp3) is 0.696. The molecule has 4 rings (SSSR count). The van der Waals surface area contributed by atoms with E-state index in [0.717, 1.165) is 56.8 Å². The van der Waals surface area contributed by atoms with Crippen LogP contribution in [0.15, 0.2) is 16.9 Å². The van der Waals surface area contributed by atoms with Crippen LogP contribution in [0, 0.1) is 11.3 Å². The first kappa shape index (κ1) is 21.1. The van der Waals surface area contributed by atoms with E-state index >= 15 is 0 Å². The zero-order valence-electron chi connectivity index (χ0n) is 18.6. The van der Waals surface area contributed by atoms with Crippen LogP contribution in [0.25, 0.3) is 0 Å². The van der Waals surface area contributed by atoms with E-state index in [-0.39, 0.29) is 23.3 Å². The third-order valence-corrected chi connectivity index (χ3v) is 6.97. The first-order valence-corrected chi connectivity index (χ1v) is 11.2. The van der Waals surface area contributed by atoms with Crippen LogP contribution in [0.5, 0.6) is 0 Å². The number of amides is 2. The van der Waals surface area contributed by atoms with Crippen molar-refractivity contribution in [2.45, 2.75) is 65.5 Å². The normalized spacial score (nSPS) is 25.0. The molecule has 0 radical (unpaired) electrons. The largest absolute Gasteiger partial charge is 0.343 e. The van der Waals surface area contributed by atoms with Gasteiger partial charge in [0.1, 0.15) is 0 Å². The van der Waals surface area contributed by atoms with E-state index in [9.17, 15) is 14.4 Å². The van der Waals surface area contributed by atoms with E-state index in [0.29, 0.717) is 18.5 Å². The summed E-state index contributed by atoms with van der Waals surface area (Å²) in [6.07, 6.45) is 3.08. The predicted molar refractivity (Wildman–Crippen MR) is 116 cm³/mol. The van der Waals surface area contributed by atoms with Gasteiger partial charge in [-0.05, 0) is 31.2 Å². The summed E-state index contributed by atoms with van der Waals surface area (Å²) in [7, 11) is 0. The second-order valence-corrected chi connectivity index (χ2v) is 10.3. The number of fused-ring (bicyclic) bond motifs is 4. The van der Waals surface area contributed by atoms with Gasteiger partial charge in [0.2, 0.25) is 11.8 Å². The molecule has 2 fully saturated rings. The highest BCUT2D eigenvalue weighted by Gasteiger charge is 2.39. The van der Waals surface area contributed by atoms with Gasteiger partial charge in [0, 0.05) is 68.8 Å². The van der Waals surface area contributed by atoms with Crippen molar-refractivity contribution in [3.05, 3.63) is 28.2 Å². The van der Waals surface area contributed by atoms with Crippen LogP contribution in [-0.2, 0) is 16.1 Å². The van der Waals surface area contributed by atoms with Crippen LogP contribution in [0.4, 0.5) is 5.69 Å². The smallest absolute Gasteiger partial charge is 0.250 e. The SMILES string of the molecule is CC(=O)N1CCC(N2C[C@@H]3C[C@H](C2)c2c(NC(=O)C(C)(C)C)ccc(=O)n2C3)CC1. The first-order chi connectivity index (χ1) is 14.1. The highest BCUT2D eigenvalue weighted by molar-refractivity contribution is 5.95. The number of pyridine rings is 1. The molecule has 1 N–H and O–H groups in total. The van der Waals surface area contributed by atoms with Gasteiger partial charge < -0.3 is 14.8 Å². The number of nitrogens with zero attached hydrogens (tertiary/aromatic N) is 3. The standard InChI is InChI=1S/C23H34N4O3/c1-15(28)25-9-7-18(8-10-25)26-12-16-11-17(14-26)21-19(24-22(30)23(2,3)4)5-6-20(29)27(21)13-16/h5-6,16-18H,7-14H2,1-4H3,(H,24,30)/t16-,17+/m0/s1. The zero-order chi connectivity index (χ0) is 21.6. The van der Waals surface area contributed by atoms with E-state index in [1.54, 1.807) is 19.1 Å². The van der Waals surface area contributed by atoms with Crippen molar-refractivity contribution in [3.8, 4) is 0 Å². The molecule has 7 heteroatoms. The van der Waals surface area contributed by atoms with E-state index < -0.39 is 5.41 Å². The molecule has 2 bridgehead atoms. The molecule has 0 unspecified atom stereocenters. The third-order valence-electron chi connectivity index (χ3n) is 6.97. The lowest BCUT2D eigenvalue weighted by Crippen LogP contribution is -2.53. The summed E-state index contributed by atoms with van der Waals surface area (Å²) < 4.78 is 1.90. The van der Waals surface area contributed by atoms with Gasteiger partial charge in [-0.25, -0.2) is 0 Å². The topological polar surface area (TPSA) is 74.7 Å². The van der Waals surface area contributed by atoms with Crippen molar-refractivity contribution >= 4 is 17.5 Å². The molecule has 0 aromatic carbocycles. The fourth-order valence-corrected chi connectivity index (χ4v) is 5.31. The molecule has 0 aliphatic carbocycles. The number of piperidine rings is 2. The summed E-state index contributed by atoms with van der Waals surface area (Å²) in [5, 5.41) is 3.09. The molecule has 30 heavy (non-hydrogen) atoms. The van der Waals surface area contributed by atoms with Gasteiger partial charge in [-0.2, -0.15) is 0 Å². The molecule has 2 amide bonds. The molecule has 0 spiro atoms. The van der Waals surface area contributed by atoms with Crippen LogP contribution in [0.2, 0.25) is 0 Å². The van der Waals surface area contributed by atoms with Crippen molar-refractivity contribution in [2.24, 2.45) is 11.3 Å². The monoisotopic (exact) mass is 414 g/mol. The van der Waals surface area contributed by atoms with Gasteiger partial charge in [-0.1, -0.05) is 20.8 Å². The van der Waals surface area contributed by atoms with Gasteiger partial charge in [0.25, 0.3) is 5.56 Å². The van der Waals surface area contributed by atoms with Crippen molar-refractivity contribution in [1.29, 1.82) is 0 Å². The van der Waals surface area contributed by atoms with Crippen LogP contribution in [-0.4, -0.2) is 58.4 Å². The Kier molecular flexibility index (Phi) is 5.51. The Morgan fingerprint density at radius 2 is 1.77 bits per heavy atom. The highest BCUT2D eigenvalue weighted by Crippen LogP contribution is 2.40. The molecule has 2 atom stereocenters. The lowest BCUT2D eigenvalue weighted by Gasteiger charge is -2.48. The first-order valence-electron chi connectivity index (χ1n) is 11.2. The predicted octanol–water partition coefficient (Wildman–Crippen LogP) is 2.26. The molecule has 164 valence electrons. The lowest BCUT2D eigenvalue weighted by molar-refractivity contribution is -0.130. The minimum Gasteiger partial charge on any atom is -0.343 e. The number of rotatable bonds is 2. The Morgan fingerprint density at radius 1 is 1.07 bits per heavy atom. The maximum absolute atomic E-state index is 12.6. The highest BCUT2D eigenvalue weighted by atomic mass is 16.2. The second kappa shape index (κ2) is 7.84. The number of hydrogen-bond donors (Lipinski definition) is 1. The molecule has 1 aromatic rings. The van der Waals surface area contributed by atoms with Gasteiger partial charge in [0.15, 0.2) is 0 Å². The van der Waals surface area contributed by atoms with Crippen molar-refractivity contribution in [3.63, 3.8) is 0 Å². The van der Waals surface area contributed by atoms with Crippen LogP contribution in [0.1, 0.15) is 58.6 Å². The summed E-state index contributed by atoms with van der Waals surface area (Å²) in [4.78, 5) is 41.4. The number of aromatic nitrogens is 1. The zero-order valence-corrected chi connectivity index (χ0v) is 18.6. The minimum absolute atomic E-state index is 0.0247. The molecule has 2 saturated heterocycles. The van der Waals surface area contributed by atoms with E-state index in [2.05, 4.69) is 10.2 Å². The molecular weight excluding hydrogens is 380 g/mol. The third kappa shape index (κ3) is 4.04. The average Bonchev–Trinajstić information content (AvgIpc) is 2.69. The van der Waals surface area contributed by atoms with E-state index in [4.69, 9.17) is 0 Å². The summed E-state index contributed by atoms with van der Waals surface area (Å²) in [6, 6.07) is 3.85. The van der Waals surface area contributed by atoms with Crippen LogP contribution >= 0.6 is 0 Å².